The van der Waals surface area contributed by atoms with Crippen LogP contribution in [0.4, 0.5) is 5.13 Å². The molecule has 0 radical (unpaired) electrons. The number of fused-ring (bicyclic) bond motifs is 1. The van der Waals surface area contributed by atoms with Gasteiger partial charge in [0.15, 0.2) is 5.13 Å². The molecule has 1 N–H and O–H groups in total. The van der Waals surface area contributed by atoms with Gasteiger partial charge in [-0.2, -0.15) is 0 Å². The lowest BCUT2D eigenvalue weighted by Crippen LogP contribution is -2.29. The topological polar surface area (TPSA) is 45.2 Å². The molecule has 5 heteroatoms. The van der Waals surface area contributed by atoms with Crippen LogP contribution in [0.25, 0.3) is 6.08 Å². The summed E-state index contributed by atoms with van der Waals surface area (Å²) in [7, 11) is 0. The molecule has 0 spiro atoms. The molecule has 136 valence electrons. The molecule has 1 amide bonds. The highest BCUT2D eigenvalue weighted by molar-refractivity contribution is 7.15. The number of benzene rings is 2. The summed E-state index contributed by atoms with van der Waals surface area (Å²) in [5, 5.41) is 3.58. The maximum atomic E-state index is 12.2. The smallest absolute Gasteiger partial charge is 0.250 e. The maximum Gasteiger partial charge on any atom is 0.250 e. The summed E-state index contributed by atoms with van der Waals surface area (Å²) in [5.74, 6) is -0.147. The van der Waals surface area contributed by atoms with Gasteiger partial charge in [-0.25, -0.2) is 4.98 Å². The fourth-order valence-corrected chi connectivity index (χ4v) is 4.22. The van der Waals surface area contributed by atoms with E-state index in [0.717, 1.165) is 37.3 Å². The zero-order valence-electron chi connectivity index (χ0n) is 15.0. The van der Waals surface area contributed by atoms with Crippen molar-refractivity contribution in [3.05, 3.63) is 88.4 Å². The number of carbonyl (C=O) groups excluding carboxylic acids is 1. The number of anilines is 1. The average Bonchev–Trinajstić information content (AvgIpc) is 3.09. The van der Waals surface area contributed by atoms with Crippen LogP contribution in [0.1, 0.15) is 21.7 Å². The second-order valence-electron chi connectivity index (χ2n) is 6.57. The van der Waals surface area contributed by atoms with Gasteiger partial charge in [0.25, 0.3) is 0 Å². The summed E-state index contributed by atoms with van der Waals surface area (Å²) in [4.78, 5) is 20.5. The monoisotopic (exact) mass is 375 g/mol. The van der Waals surface area contributed by atoms with E-state index in [-0.39, 0.29) is 5.91 Å². The summed E-state index contributed by atoms with van der Waals surface area (Å²) in [5.41, 5.74) is 3.44. The number of aromatic nitrogens is 1. The predicted octanol–water partition coefficient (Wildman–Crippen LogP) is 4.35. The van der Waals surface area contributed by atoms with E-state index in [0.29, 0.717) is 5.13 Å². The molecule has 0 aliphatic carbocycles. The Hall–Kier alpha value is -2.76. The lowest BCUT2D eigenvalue weighted by atomic mass is 10.1. The molecule has 2 aromatic carbocycles. The number of nitrogens with one attached hydrogen (secondary N) is 1. The van der Waals surface area contributed by atoms with Crippen LogP contribution < -0.4 is 5.32 Å². The minimum atomic E-state index is -0.147. The van der Waals surface area contributed by atoms with Crippen LogP contribution in [0.15, 0.2) is 66.7 Å². The number of carbonyl (C=O) groups is 1. The van der Waals surface area contributed by atoms with Gasteiger partial charge in [-0.15, -0.1) is 11.3 Å². The van der Waals surface area contributed by atoms with E-state index in [1.165, 1.54) is 10.4 Å². The summed E-state index contributed by atoms with van der Waals surface area (Å²) < 4.78 is 0. The van der Waals surface area contributed by atoms with Crippen molar-refractivity contribution in [3.8, 4) is 0 Å². The van der Waals surface area contributed by atoms with Crippen molar-refractivity contribution in [2.45, 2.75) is 19.5 Å². The van der Waals surface area contributed by atoms with E-state index in [1.54, 1.807) is 17.4 Å². The Morgan fingerprint density at radius 1 is 1.11 bits per heavy atom. The van der Waals surface area contributed by atoms with E-state index in [4.69, 9.17) is 0 Å². The largest absolute Gasteiger partial charge is 0.298 e. The number of rotatable bonds is 5. The third-order valence-electron chi connectivity index (χ3n) is 4.52. The van der Waals surface area contributed by atoms with Gasteiger partial charge in [-0.1, -0.05) is 60.7 Å². The highest BCUT2D eigenvalue weighted by Gasteiger charge is 2.21. The molecule has 0 unspecified atom stereocenters. The van der Waals surface area contributed by atoms with Gasteiger partial charge in [0, 0.05) is 37.0 Å². The Balaban J connectivity index is 1.37. The molecule has 0 saturated carbocycles. The Bertz CT molecular complexity index is 935. The van der Waals surface area contributed by atoms with Crippen molar-refractivity contribution in [3.63, 3.8) is 0 Å². The molecular weight excluding hydrogens is 354 g/mol. The standard InChI is InChI=1S/C22H21N3OS/c26-21(12-11-17-7-3-1-4-8-17)24-22-23-19-13-14-25(16-20(19)27-22)15-18-9-5-2-6-10-18/h1-12H,13-16H2,(H,23,24,26). The average molecular weight is 375 g/mol. The molecule has 4 nitrogen and oxygen atoms in total. The van der Waals surface area contributed by atoms with Gasteiger partial charge in [0.2, 0.25) is 5.91 Å². The van der Waals surface area contributed by atoms with Crippen molar-refractivity contribution in [2.75, 3.05) is 11.9 Å². The second kappa shape index (κ2) is 8.29. The minimum absolute atomic E-state index is 0.147. The first-order valence-corrected chi connectivity index (χ1v) is 9.87. The van der Waals surface area contributed by atoms with Crippen molar-refractivity contribution in [1.82, 2.24) is 9.88 Å². The van der Waals surface area contributed by atoms with Crippen LogP contribution >= 0.6 is 11.3 Å². The van der Waals surface area contributed by atoms with Crippen molar-refractivity contribution >= 4 is 28.5 Å². The zero-order valence-corrected chi connectivity index (χ0v) is 15.8. The SMILES string of the molecule is O=C(C=Cc1ccccc1)Nc1nc2c(s1)CN(Cc1ccccc1)CC2. The van der Waals surface area contributed by atoms with E-state index in [9.17, 15) is 4.79 Å². The summed E-state index contributed by atoms with van der Waals surface area (Å²) >= 11 is 1.58. The summed E-state index contributed by atoms with van der Waals surface area (Å²) in [6, 6.07) is 20.3. The minimum Gasteiger partial charge on any atom is -0.298 e. The normalized spacial score (nSPS) is 14.2. The van der Waals surface area contributed by atoms with Crippen LogP contribution in [0.5, 0.6) is 0 Å². The second-order valence-corrected chi connectivity index (χ2v) is 7.65. The van der Waals surface area contributed by atoms with Gasteiger partial charge in [0.05, 0.1) is 5.69 Å². The van der Waals surface area contributed by atoms with E-state index < -0.39 is 0 Å². The number of nitrogens with zero attached hydrogens (tertiary/aromatic N) is 2. The highest BCUT2D eigenvalue weighted by atomic mass is 32.1. The molecule has 0 bridgehead atoms. The summed E-state index contributed by atoms with van der Waals surface area (Å²) in [6.45, 7) is 2.82. The molecule has 3 aromatic rings. The Labute approximate surface area is 163 Å². The quantitative estimate of drug-likeness (QED) is 0.674. The fourth-order valence-electron chi connectivity index (χ4n) is 3.16. The van der Waals surface area contributed by atoms with Gasteiger partial charge in [0.1, 0.15) is 0 Å². The Kier molecular flexibility index (Phi) is 5.42. The third-order valence-corrected chi connectivity index (χ3v) is 5.51. The number of hydrogen-bond acceptors (Lipinski definition) is 4. The number of amides is 1. The zero-order chi connectivity index (χ0) is 18.5. The van der Waals surface area contributed by atoms with Gasteiger partial charge < -0.3 is 0 Å². The van der Waals surface area contributed by atoms with Gasteiger partial charge in [-0.3, -0.25) is 15.0 Å². The first-order chi connectivity index (χ1) is 13.3. The van der Waals surface area contributed by atoms with Crippen LogP contribution in [0.2, 0.25) is 0 Å². The van der Waals surface area contributed by atoms with Crippen LogP contribution in [0, 0.1) is 0 Å². The Morgan fingerprint density at radius 3 is 2.63 bits per heavy atom. The predicted molar refractivity (Wildman–Crippen MR) is 110 cm³/mol. The molecule has 27 heavy (non-hydrogen) atoms. The molecule has 1 aliphatic rings. The first kappa shape index (κ1) is 17.6. The van der Waals surface area contributed by atoms with Crippen LogP contribution in [-0.4, -0.2) is 22.3 Å². The fraction of sp³-hybridized carbons (Fsp3) is 0.182. The van der Waals surface area contributed by atoms with Gasteiger partial charge >= 0.3 is 0 Å². The van der Waals surface area contributed by atoms with Crippen LogP contribution in [0.3, 0.4) is 0 Å². The molecule has 2 heterocycles. The lowest BCUT2D eigenvalue weighted by Gasteiger charge is -2.25. The molecular formula is C22H21N3OS. The molecule has 0 fully saturated rings. The Morgan fingerprint density at radius 2 is 1.85 bits per heavy atom. The van der Waals surface area contributed by atoms with Gasteiger partial charge in [-0.05, 0) is 17.2 Å². The van der Waals surface area contributed by atoms with E-state index in [2.05, 4.69) is 39.5 Å². The molecule has 1 aliphatic heterocycles. The van der Waals surface area contributed by atoms with Crippen molar-refractivity contribution in [1.29, 1.82) is 0 Å². The number of thiazole rings is 1. The number of hydrogen-bond donors (Lipinski definition) is 1. The highest BCUT2D eigenvalue weighted by Crippen LogP contribution is 2.29. The molecule has 0 saturated heterocycles. The van der Waals surface area contributed by atoms with Crippen molar-refractivity contribution < 1.29 is 4.79 Å². The first-order valence-electron chi connectivity index (χ1n) is 9.05. The van der Waals surface area contributed by atoms with Crippen LogP contribution in [-0.2, 0) is 24.3 Å². The summed E-state index contributed by atoms with van der Waals surface area (Å²) in [6.07, 6.45) is 4.29. The van der Waals surface area contributed by atoms with E-state index >= 15 is 0 Å². The van der Waals surface area contributed by atoms with Crippen molar-refractivity contribution in [2.24, 2.45) is 0 Å². The molecule has 1 aromatic heterocycles. The molecule has 4 rings (SSSR count). The molecule has 0 atom stereocenters. The lowest BCUT2D eigenvalue weighted by molar-refractivity contribution is -0.111. The maximum absolute atomic E-state index is 12.2. The third kappa shape index (κ3) is 4.70. The van der Waals surface area contributed by atoms with E-state index in [1.807, 2.05) is 42.5 Å².